The second kappa shape index (κ2) is 4.80. The first-order valence-electron chi connectivity index (χ1n) is 4.78. The number of carbonyl (C=O) groups is 1. The Morgan fingerprint density at radius 3 is 2.81 bits per heavy atom. The zero-order chi connectivity index (χ0) is 11.5. The maximum atomic E-state index is 11.9. The molecule has 0 radical (unpaired) electrons. The Morgan fingerprint density at radius 1 is 1.38 bits per heavy atom. The molecule has 1 aromatic carbocycles. The fraction of sp³-hybridized carbons (Fsp3) is 0.0833. The van der Waals surface area contributed by atoms with E-state index in [1.807, 2.05) is 42.6 Å². The van der Waals surface area contributed by atoms with E-state index in [0.29, 0.717) is 4.88 Å². The van der Waals surface area contributed by atoms with Gasteiger partial charge in [-0.2, -0.15) is 0 Å². The summed E-state index contributed by atoms with van der Waals surface area (Å²) in [5.74, 6) is -0.0764. The SMILES string of the molecule is Cc1cccc(NC(=O)c2sccc2Br)c1. The van der Waals surface area contributed by atoms with Crippen molar-refractivity contribution in [3.8, 4) is 0 Å². The van der Waals surface area contributed by atoms with E-state index < -0.39 is 0 Å². The van der Waals surface area contributed by atoms with Gasteiger partial charge in [-0.3, -0.25) is 4.79 Å². The molecule has 0 atom stereocenters. The third kappa shape index (κ3) is 2.51. The Balaban J connectivity index is 2.17. The van der Waals surface area contributed by atoms with Gasteiger partial charge in [0.1, 0.15) is 4.88 Å². The van der Waals surface area contributed by atoms with Crippen LogP contribution in [-0.4, -0.2) is 5.91 Å². The normalized spacial score (nSPS) is 10.1. The summed E-state index contributed by atoms with van der Waals surface area (Å²) < 4.78 is 0.836. The number of aryl methyl sites for hydroxylation is 1. The monoisotopic (exact) mass is 295 g/mol. The molecule has 1 amide bonds. The number of halogens is 1. The molecular weight excluding hydrogens is 286 g/mol. The number of rotatable bonds is 2. The highest BCUT2D eigenvalue weighted by Gasteiger charge is 2.11. The molecule has 0 bridgehead atoms. The standard InChI is InChI=1S/C12H10BrNOS/c1-8-3-2-4-9(7-8)14-12(15)11-10(13)5-6-16-11/h2-7H,1H3,(H,14,15). The van der Waals surface area contributed by atoms with E-state index in [1.54, 1.807) is 0 Å². The number of amides is 1. The van der Waals surface area contributed by atoms with Crippen LogP contribution < -0.4 is 5.32 Å². The van der Waals surface area contributed by atoms with E-state index in [4.69, 9.17) is 0 Å². The third-order valence-electron chi connectivity index (χ3n) is 2.10. The van der Waals surface area contributed by atoms with Crippen LogP contribution in [0.4, 0.5) is 5.69 Å². The Labute approximate surface area is 106 Å². The van der Waals surface area contributed by atoms with Crippen molar-refractivity contribution in [2.24, 2.45) is 0 Å². The zero-order valence-electron chi connectivity index (χ0n) is 8.66. The molecule has 1 aromatic heterocycles. The quantitative estimate of drug-likeness (QED) is 0.889. The van der Waals surface area contributed by atoms with Crippen LogP contribution in [0, 0.1) is 6.92 Å². The highest BCUT2D eigenvalue weighted by atomic mass is 79.9. The van der Waals surface area contributed by atoms with Gasteiger partial charge in [-0.1, -0.05) is 12.1 Å². The number of benzene rings is 1. The molecule has 0 unspecified atom stereocenters. The molecule has 2 rings (SSSR count). The van der Waals surface area contributed by atoms with Crippen molar-refractivity contribution in [1.82, 2.24) is 0 Å². The second-order valence-corrected chi connectivity index (χ2v) is 5.19. The molecule has 0 saturated carbocycles. The molecule has 0 fully saturated rings. The van der Waals surface area contributed by atoms with Crippen LogP contribution in [0.5, 0.6) is 0 Å². The van der Waals surface area contributed by atoms with Crippen molar-refractivity contribution in [1.29, 1.82) is 0 Å². The van der Waals surface area contributed by atoms with Gasteiger partial charge in [0.05, 0.1) is 0 Å². The number of hydrogen-bond acceptors (Lipinski definition) is 2. The molecule has 1 heterocycles. The molecule has 0 aliphatic heterocycles. The van der Waals surface area contributed by atoms with Crippen LogP contribution in [0.15, 0.2) is 40.2 Å². The van der Waals surface area contributed by atoms with E-state index in [0.717, 1.165) is 15.7 Å². The predicted octanol–water partition coefficient (Wildman–Crippen LogP) is 4.07. The second-order valence-electron chi connectivity index (χ2n) is 3.42. The maximum absolute atomic E-state index is 11.9. The zero-order valence-corrected chi connectivity index (χ0v) is 11.1. The van der Waals surface area contributed by atoms with Crippen molar-refractivity contribution in [2.45, 2.75) is 6.92 Å². The van der Waals surface area contributed by atoms with Gasteiger partial charge in [0.2, 0.25) is 0 Å². The molecule has 82 valence electrons. The fourth-order valence-corrected chi connectivity index (χ4v) is 2.81. The summed E-state index contributed by atoms with van der Waals surface area (Å²) >= 11 is 4.77. The maximum Gasteiger partial charge on any atom is 0.266 e. The van der Waals surface area contributed by atoms with Gasteiger partial charge in [-0.05, 0) is 52.0 Å². The molecule has 4 heteroatoms. The number of anilines is 1. The summed E-state index contributed by atoms with van der Waals surface area (Å²) in [5.41, 5.74) is 1.95. The lowest BCUT2D eigenvalue weighted by Gasteiger charge is -2.04. The molecule has 1 N–H and O–H groups in total. The van der Waals surface area contributed by atoms with Gasteiger partial charge in [-0.25, -0.2) is 0 Å². The summed E-state index contributed by atoms with van der Waals surface area (Å²) in [6.07, 6.45) is 0. The summed E-state index contributed by atoms with van der Waals surface area (Å²) in [7, 11) is 0. The average Bonchev–Trinajstić information content (AvgIpc) is 2.64. The molecular formula is C12H10BrNOS. The minimum absolute atomic E-state index is 0.0764. The largest absolute Gasteiger partial charge is 0.321 e. The Hall–Kier alpha value is -1.13. The lowest BCUT2D eigenvalue weighted by Crippen LogP contribution is -2.10. The third-order valence-corrected chi connectivity index (χ3v) is 3.94. The lowest BCUT2D eigenvalue weighted by molar-refractivity contribution is 0.103. The number of nitrogens with one attached hydrogen (secondary N) is 1. The molecule has 0 spiro atoms. The summed E-state index contributed by atoms with van der Waals surface area (Å²) in [6, 6.07) is 9.62. The molecule has 0 aliphatic carbocycles. The molecule has 0 aliphatic rings. The van der Waals surface area contributed by atoms with Gasteiger partial charge < -0.3 is 5.32 Å². The smallest absolute Gasteiger partial charge is 0.266 e. The number of carbonyl (C=O) groups excluding carboxylic acids is 1. The lowest BCUT2D eigenvalue weighted by atomic mass is 10.2. The molecule has 2 nitrogen and oxygen atoms in total. The van der Waals surface area contributed by atoms with E-state index in [2.05, 4.69) is 21.2 Å². The highest BCUT2D eigenvalue weighted by molar-refractivity contribution is 9.10. The number of thiophene rings is 1. The van der Waals surface area contributed by atoms with Crippen LogP contribution in [0.1, 0.15) is 15.2 Å². The van der Waals surface area contributed by atoms with Gasteiger partial charge in [0, 0.05) is 10.2 Å². The topological polar surface area (TPSA) is 29.1 Å². The van der Waals surface area contributed by atoms with Crippen LogP contribution in [-0.2, 0) is 0 Å². The summed E-state index contributed by atoms with van der Waals surface area (Å²) in [4.78, 5) is 12.6. The van der Waals surface area contributed by atoms with E-state index >= 15 is 0 Å². The first-order valence-corrected chi connectivity index (χ1v) is 6.45. The van der Waals surface area contributed by atoms with E-state index in [-0.39, 0.29) is 5.91 Å². The van der Waals surface area contributed by atoms with Crippen LogP contribution in [0.25, 0.3) is 0 Å². The predicted molar refractivity (Wildman–Crippen MR) is 71.2 cm³/mol. The van der Waals surface area contributed by atoms with Crippen molar-refractivity contribution >= 4 is 38.9 Å². The van der Waals surface area contributed by atoms with Gasteiger partial charge in [-0.15, -0.1) is 11.3 Å². The van der Waals surface area contributed by atoms with Crippen LogP contribution in [0.3, 0.4) is 0 Å². The van der Waals surface area contributed by atoms with Gasteiger partial charge >= 0.3 is 0 Å². The van der Waals surface area contributed by atoms with Gasteiger partial charge in [0.15, 0.2) is 0 Å². The Bertz CT molecular complexity index is 521. The van der Waals surface area contributed by atoms with Crippen LogP contribution >= 0.6 is 27.3 Å². The molecule has 16 heavy (non-hydrogen) atoms. The first kappa shape index (κ1) is 11.4. The van der Waals surface area contributed by atoms with Crippen molar-refractivity contribution in [3.05, 3.63) is 50.6 Å². The first-order chi connectivity index (χ1) is 7.66. The van der Waals surface area contributed by atoms with E-state index in [9.17, 15) is 4.79 Å². The van der Waals surface area contributed by atoms with Crippen molar-refractivity contribution in [2.75, 3.05) is 5.32 Å². The minimum Gasteiger partial charge on any atom is -0.321 e. The van der Waals surface area contributed by atoms with Gasteiger partial charge in [0.25, 0.3) is 5.91 Å². The fourth-order valence-electron chi connectivity index (χ4n) is 1.37. The summed E-state index contributed by atoms with van der Waals surface area (Å²) in [5, 5.41) is 4.75. The van der Waals surface area contributed by atoms with Crippen molar-refractivity contribution < 1.29 is 4.79 Å². The van der Waals surface area contributed by atoms with Crippen LogP contribution in [0.2, 0.25) is 0 Å². The Kier molecular flexibility index (Phi) is 3.41. The molecule has 2 aromatic rings. The average molecular weight is 296 g/mol. The van der Waals surface area contributed by atoms with Crippen molar-refractivity contribution in [3.63, 3.8) is 0 Å². The molecule has 0 saturated heterocycles. The number of hydrogen-bond donors (Lipinski definition) is 1. The minimum atomic E-state index is -0.0764. The summed E-state index contributed by atoms with van der Waals surface area (Å²) in [6.45, 7) is 2.00. The van der Waals surface area contributed by atoms with E-state index in [1.165, 1.54) is 11.3 Å². The Morgan fingerprint density at radius 2 is 2.19 bits per heavy atom. The highest BCUT2D eigenvalue weighted by Crippen LogP contribution is 2.23.